The third-order valence-corrected chi connectivity index (χ3v) is 10.8. The number of carbonyl (C=O) groups is 2. The normalized spacial score (nSPS) is 18.9. The lowest BCUT2D eigenvalue weighted by molar-refractivity contribution is -0.437. The Hall–Kier alpha value is -5.48. The van der Waals surface area contributed by atoms with Crippen molar-refractivity contribution in [3.8, 4) is 11.1 Å². The van der Waals surface area contributed by atoms with Crippen LogP contribution in [0.4, 0.5) is 11.4 Å². The second-order valence-electron chi connectivity index (χ2n) is 15.0. The van der Waals surface area contributed by atoms with E-state index in [1.54, 1.807) is 0 Å². The Labute approximate surface area is 307 Å². The smallest absolute Gasteiger partial charge is 0.333 e. The monoisotopic (exact) mass is 693 g/mol. The molecule has 0 saturated carbocycles. The largest absolute Gasteiger partial charge is 0.871 e. The minimum Gasteiger partial charge on any atom is -0.871 e. The summed E-state index contributed by atoms with van der Waals surface area (Å²) >= 11 is 0. The minimum atomic E-state index is -1.25. The van der Waals surface area contributed by atoms with Crippen molar-refractivity contribution in [3.63, 3.8) is 0 Å². The Balaban J connectivity index is 1.37. The van der Waals surface area contributed by atoms with Gasteiger partial charge in [-0.25, -0.2) is 4.85 Å². The summed E-state index contributed by atoms with van der Waals surface area (Å²) in [5.74, 6) is -1.66. The highest BCUT2D eigenvalue weighted by Gasteiger charge is 2.46. The van der Waals surface area contributed by atoms with Crippen molar-refractivity contribution in [2.45, 2.75) is 84.5 Å². The van der Waals surface area contributed by atoms with Crippen LogP contribution in [-0.2, 0) is 20.4 Å². The van der Waals surface area contributed by atoms with Crippen LogP contribution < -0.4 is 10.0 Å². The number of unbranched alkanes of at least 4 members (excludes halogenated alkanes) is 3. The van der Waals surface area contributed by atoms with Crippen LogP contribution in [-0.4, -0.2) is 40.2 Å². The van der Waals surface area contributed by atoms with Crippen LogP contribution in [0, 0.1) is 6.57 Å². The SMILES string of the molecule is [C-]#[N+]/C(=C\c1ccc(-c2ccc3c(c2)C(C)(C)C(=CC2=C([O-])C(=CC4=[N+](CCC)c5ccccc5C4(C)C)C2=O)N3CCCCCC)cc1)C(=O)O. The molecule has 0 bridgehead atoms. The van der Waals surface area contributed by atoms with Gasteiger partial charge in [0, 0.05) is 58.6 Å². The van der Waals surface area contributed by atoms with Crippen molar-refractivity contribution in [1.29, 1.82) is 0 Å². The van der Waals surface area contributed by atoms with E-state index in [0.717, 1.165) is 84.7 Å². The average molecular weight is 694 g/mol. The van der Waals surface area contributed by atoms with Crippen LogP contribution >= 0.6 is 0 Å². The highest BCUT2D eigenvalue weighted by atomic mass is 16.4. The number of nitrogens with zero attached hydrogens (tertiary/aromatic N) is 3. The summed E-state index contributed by atoms with van der Waals surface area (Å²) in [6.07, 6.45) is 10.4. The first-order valence-electron chi connectivity index (χ1n) is 18.3. The molecule has 0 fully saturated rings. The van der Waals surface area contributed by atoms with Crippen LogP contribution in [0.2, 0.25) is 0 Å². The Morgan fingerprint density at radius 3 is 2.27 bits per heavy atom. The molecule has 6 rings (SSSR count). The third kappa shape index (κ3) is 6.32. The zero-order chi connectivity index (χ0) is 37.4. The molecule has 266 valence electrons. The zero-order valence-corrected chi connectivity index (χ0v) is 31.0. The number of rotatable bonds is 12. The molecule has 52 heavy (non-hydrogen) atoms. The van der Waals surface area contributed by atoms with Crippen molar-refractivity contribution in [1.82, 2.24) is 0 Å². The van der Waals surface area contributed by atoms with Gasteiger partial charge in [-0.1, -0.05) is 101 Å². The standard InChI is InChI=1S/C45H47N3O4/c1-8-10-11-14-24-48-38-22-21-31(30-19-17-29(18-20-30)25-36(46-7)43(51)52)26-35(38)45(5,6)40(48)28-33-41(49)32(42(33)50)27-39-44(3,4)34-15-12-13-16-37(34)47(39)23-9-2/h12-13,15-22,25-28H,8-11,14,23-24H2,1-6H3,(H-,49,50,51,52)/b36-25-. The molecule has 3 aliphatic rings. The van der Waals surface area contributed by atoms with Gasteiger partial charge in [0.25, 0.3) is 5.70 Å². The number of Topliss-reactive ketones (excluding diaryl/α,β-unsaturated/α-hetero) is 1. The van der Waals surface area contributed by atoms with Crippen LogP contribution in [0.1, 0.15) is 90.3 Å². The maximum Gasteiger partial charge on any atom is 0.333 e. The van der Waals surface area contributed by atoms with Gasteiger partial charge in [0.1, 0.15) is 6.54 Å². The van der Waals surface area contributed by atoms with Gasteiger partial charge in [-0.05, 0) is 66.8 Å². The van der Waals surface area contributed by atoms with E-state index in [0.29, 0.717) is 5.56 Å². The molecular weight excluding hydrogens is 647 g/mol. The van der Waals surface area contributed by atoms with Gasteiger partial charge in [-0.15, -0.1) is 0 Å². The summed E-state index contributed by atoms with van der Waals surface area (Å²) in [4.78, 5) is 30.6. The third-order valence-electron chi connectivity index (χ3n) is 10.8. The van der Waals surface area contributed by atoms with Gasteiger partial charge in [0.2, 0.25) is 5.69 Å². The molecule has 1 N–H and O–H groups in total. The van der Waals surface area contributed by atoms with Gasteiger partial charge >= 0.3 is 5.97 Å². The number of fused-ring (bicyclic) bond motifs is 2. The topological polar surface area (TPSA) is 88.0 Å². The molecule has 7 nitrogen and oxygen atoms in total. The Morgan fingerprint density at radius 2 is 1.62 bits per heavy atom. The predicted octanol–water partition coefficient (Wildman–Crippen LogP) is 8.87. The number of aliphatic carboxylic acids is 1. The first-order valence-corrected chi connectivity index (χ1v) is 18.3. The molecule has 2 aliphatic heterocycles. The molecule has 0 atom stereocenters. The number of carbonyl (C=O) groups excluding carboxylic acids is 1. The summed E-state index contributed by atoms with van der Waals surface area (Å²) in [5.41, 5.74) is 8.37. The van der Waals surface area contributed by atoms with Gasteiger partial charge < -0.3 is 15.1 Å². The summed E-state index contributed by atoms with van der Waals surface area (Å²) in [6.45, 7) is 21.7. The molecule has 0 unspecified atom stereocenters. The lowest BCUT2D eigenvalue weighted by Gasteiger charge is -2.33. The quantitative estimate of drug-likeness (QED) is 0.0887. The van der Waals surface area contributed by atoms with E-state index in [4.69, 9.17) is 6.57 Å². The Kier molecular flexibility index (Phi) is 9.96. The van der Waals surface area contributed by atoms with Crippen LogP contribution in [0.5, 0.6) is 0 Å². The number of para-hydroxylation sites is 1. The predicted molar refractivity (Wildman–Crippen MR) is 206 cm³/mol. The zero-order valence-electron chi connectivity index (χ0n) is 31.0. The molecule has 0 radical (unpaired) electrons. The summed E-state index contributed by atoms with van der Waals surface area (Å²) < 4.78 is 2.26. The van der Waals surface area contributed by atoms with Crippen molar-refractivity contribution in [2.75, 3.05) is 18.0 Å². The number of allylic oxidation sites excluding steroid dienone is 5. The number of anilines is 1. The van der Waals surface area contributed by atoms with Crippen molar-refractivity contribution in [3.05, 3.63) is 135 Å². The van der Waals surface area contributed by atoms with E-state index in [1.807, 2.05) is 48.6 Å². The van der Waals surface area contributed by atoms with E-state index < -0.39 is 11.4 Å². The number of hydrogen-bond acceptors (Lipinski definition) is 4. The summed E-state index contributed by atoms with van der Waals surface area (Å²) in [6, 6.07) is 22.2. The summed E-state index contributed by atoms with van der Waals surface area (Å²) in [7, 11) is 0. The van der Waals surface area contributed by atoms with Crippen molar-refractivity contribution < 1.29 is 24.4 Å². The molecular formula is C45H47N3O4. The van der Waals surface area contributed by atoms with Gasteiger partial charge in [-0.3, -0.25) is 9.59 Å². The van der Waals surface area contributed by atoms with Gasteiger partial charge in [0.15, 0.2) is 11.5 Å². The van der Waals surface area contributed by atoms with Crippen LogP contribution in [0.25, 0.3) is 22.0 Å². The Bertz CT molecular complexity index is 2150. The highest BCUT2D eigenvalue weighted by molar-refractivity contribution is 6.24. The molecule has 2 heterocycles. The van der Waals surface area contributed by atoms with E-state index >= 15 is 0 Å². The van der Waals surface area contributed by atoms with Crippen molar-refractivity contribution in [2.24, 2.45) is 0 Å². The minimum absolute atomic E-state index is 0.204. The fraction of sp³-hybridized carbons (Fsp3) is 0.333. The lowest BCUT2D eigenvalue weighted by atomic mass is 9.77. The highest BCUT2D eigenvalue weighted by Crippen LogP contribution is 2.50. The van der Waals surface area contributed by atoms with E-state index in [1.165, 1.54) is 11.6 Å². The number of hydrogen-bond donors (Lipinski definition) is 1. The van der Waals surface area contributed by atoms with E-state index in [9.17, 15) is 19.8 Å². The second kappa shape index (κ2) is 14.3. The maximum absolute atomic E-state index is 13.9. The molecule has 3 aromatic rings. The molecule has 3 aromatic carbocycles. The van der Waals surface area contributed by atoms with E-state index in [2.05, 4.69) is 86.2 Å². The molecule has 0 amide bonds. The van der Waals surface area contributed by atoms with Gasteiger partial charge in [-0.2, -0.15) is 4.58 Å². The average Bonchev–Trinajstić information content (AvgIpc) is 3.48. The number of ketones is 1. The lowest BCUT2D eigenvalue weighted by Crippen LogP contribution is -2.35. The summed E-state index contributed by atoms with van der Waals surface area (Å²) in [5, 5.41) is 23.1. The maximum atomic E-state index is 13.9. The number of carboxylic acids is 1. The van der Waals surface area contributed by atoms with Crippen LogP contribution in [0.3, 0.4) is 0 Å². The molecule has 0 saturated heterocycles. The fourth-order valence-electron chi connectivity index (χ4n) is 7.86. The fourth-order valence-corrected chi connectivity index (χ4v) is 7.86. The molecule has 0 spiro atoms. The second-order valence-corrected chi connectivity index (χ2v) is 15.0. The van der Waals surface area contributed by atoms with E-state index in [-0.39, 0.29) is 33.8 Å². The van der Waals surface area contributed by atoms with Crippen molar-refractivity contribution >= 4 is 34.9 Å². The molecule has 7 heteroatoms. The first-order chi connectivity index (χ1) is 24.8. The van der Waals surface area contributed by atoms with Gasteiger partial charge in [0.05, 0.1) is 12.0 Å². The number of benzene rings is 3. The number of carboxylic acid groups (broad SMARTS) is 1. The molecule has 0 aromatic heterocycles. The molecule has 1 aliphatic carbocycles. The van der Waals surface area contributed by atoms with Crippen LogP contribution in [0.15, 0.2) is 107 Å². The first kappa shape index (κ1) is 36.3. The Morgan fingerprint density at radius 1 is 0.904 bits per heavy atom.